The number of hydrogen-bond donors (Lipinski definition) is 0. The van der Waals surface area contributed by atoms with Gasteiger partial charge in [-0.3, -0.25) is 9.69 Å². The van der Waals surface area contributed by atoms with Crippen molar-refractivity contribution in [3.63, 3.8) is 0 Å². The lowest BCUT2D eigenvalue weighted by Gasteiger charge is -2.26. The number of hydrogen-bond acceptors (Lipinski definition) is 4. The first-order valence-corrected chi connectivity index (χ1v) is 8.25. The molecule has 0 atom stereocenters. The van der Waals surface area contributed by atoms with Crippen molar-refractivity contribution in [3.8, 4) is 11.5 Å². The van der Waals surface area contributed by atoms with Gasteiger partial charge in [0.1, 0.15) is 0 Å². The summed E-state index contributed by atoms with van der Waals surface area (Å²) in [5.41, 5.74) is 3.08. The average molecular weight is 325 g/mol. The Bertz CT molecular complexity index is 712. The number of ketones is 1. The van der Waals surface area contributed by atoms with Gasteiger partial charge in [0.2, 0.25) is 0 Å². The van der Waals surface area contributed by atoms with E-state index in [0.717, 1.165) is 37.2 Å². The van der Waals surface area contributed by atoms with E-state index < -0.39 is 0 Å². The van der Waals surface area contributed by atoms with Gasteiger partial charge in [-0.25, -0.2) is 0 Å². The molecule has 0 aromatic heterocycles. The largest absolute Gasteiger partial charge is 0.493 e. The van der Waals surface area contributed by atoms with Crippen LogP contribution < -0.4 is 9.47 Å². The van der Waals surface area contributed by atoms with Crippen LogP contribution in [0, 0.1) is 0 Å². The molecule has 0 saturated carbocycles. The van der Waals surface area contributed by atoms with E-state index in [1.165, 1.54) is 5.56 Å². The molecule has 0 radical (unpaired) electrons. The Morgan fingerprint density at radius 3 is 2.33 bits per heavy atom. The van der Waals surface area contributed by atoms with Gasteiger partial charge in [-0.15, -0.1) is 0 Å². The zero-order valence-electron chi connectivity index (χ0n) is 14.2. The first kappa shape index (κ1) is 16.5. The first-order chi connectivity index (χ1) is 11.7. The van der Waals surface area contributed by atoms with Crippen molar-refractivity contribution >= 4 is 5.78 Å². The second kappa shape index (κ2) is 7.49. The Hall–Kier alpha value is -2.33. The molecule has 1 heterocycles. The molecule has 0 N–H and O–H groups in total. The highest BCUT2D eigenvalue weighted by Gasteiger charge is 2.21. The number of rotatable bonds is 4. The van der Waals surface area contributed by atoms with Gasteiger partial charge in [0.25, 0.3) is 0 Å². The molecular weight excluding hydrogens is 302 g/mol. The summed E-state index contributed by atoms with van der Waals surface area (Å²) >= 11 is 0. The second-order valence-corrected chi connectivity index (χ2v) is 6.05. The van der Waals surface area contributed by atoms with Gasteiger partial charge in [-0.1, -0.05) is 30.3 Å². The Kier molecular flexibility index (Phi) is 5.16. The van der Waals surface area contributed by atoms with Crippen LogP contribution in [0.5, 0.6) is 11.5 Å². The van der Waals surface area contributed by atoms with Gasteiger partial charge in [-0.2, -0.15) is 0 Å². The van der Waals surface area contributed by atoms with Crippen LogP contribution in [-0.2, 0) is 13.0 Å². The average Bonchev–Trinajstić information content (AvgIpc) is 2.62. The smallest absolute Gasteiger partial charge is 0.164 e. The third-order valence-electron chi connectivity index (χ3n) is 4.51. The highest BCUT2D eigenvalue weighted by atomic mass is 16.5. The fourth-order valence-corrected chi connectivity index (χ4v) is 3.17. The predicted octanol–water partition coefficient (Wildman–Crippen LogP) is 3.33. The Morgan fingerprint density at radius 2 is 1.62 bits per heavy atom. The van der Waals surface area contributed by atoms with Crippen LogP contribution in [0.1, 0.15) is 27.9 Å². The van der Waals surface area contributed by atoms with E-state index in [1.54, 1.807) is 14.2 Å². The van der Waals surface area contributed by atoms with Gasteiger partial charge in [-0.05, 0) is 29.7 Å². The van der Waals surface area contributed by atoms with E-state index in [1.807, 2.05) is 18.2 Å². The van der Waals surface area contributed by atoms with Crippen molar-refractivity contribution < 1.29 is 14.3 Å². The minimum absolute atomic E-state index is 0.170. The topological polar surface area (TPSA) is 38.8 Å². The molecule has 0 aliphatic carbocycles. The molecule has 2 aromatic carbocycles. The zero-order valence-corrected chi connectivity index (χ0v) is 14.2. The van der Waals surface area contributed by atoms with Crippen molar-refractivity contribution in [1.82, 2.24) is 4.90 Å². The van der Waals surface area contributed by atoms with Crippen molar-refractivity contribution in [2.45, 2.75) is 19.4 Å². The lowest BCUT2D eigenvalue weighted by atomic mass is 9.96. The summed E-state index contributed by atoms with van der Waals surface area (Å²) in [7, 11) is 3.22. The minimum atomic E-state index is 0.170. The molecule has 2 aromatic rings. The van der Waals surface area contributed by atoms with Gasteiger partial charge in [0, 0.05) is 31.6 Å². The molecule has 4 nitrogen and oxygen atoms in total. The quantitative estimate of drug-likeness (QED) is 0.864. The van der Waals surface area contributed by atoms with E-state index >= 15 is 0 Å². The third kappa shape index (κ3) is 3.60. The van der Waals surface area contributed by atoms with Crippen LogP contribution in [0.3, 0.4) is 0 Å². The van der Waals surface area contributed by atoms with Crippen molar-refractivity contribution in [2.24, 2.45) is 0 Å². The lowest BCUT2D eigenvalue weighted by Crippen LogP contribution is -2.30. The molecule has 4 heteroatoms. The maximum absolute atomic E-state index is 12.6. The summed E-state index contributed by atoms with van der Waals surface area (Å²) in [6, 6.07) is 14.1. The van der Waals surface area contributed by atoms with Gasteiger partial charge >= 0.3 is 0 Å². The molecule has 3 rings (SSSR count). The summed E-state index contributed by atoms with van der Waals surface area (Å²) in [4.78, 5) is 14.9. The van der Waals surface area contributed by atoms with Crippen molar-refractivity contribution in [2.75, 3.05) is 27.3 Å². The van der Waals surface area contributed by atoms with Gasteiger partial charge in [0.15, 0.2) is 17.3 Å². The van der Waals surface area contributed by atoms with Crippen molar-refractivity contribution in [1.29, 1.82) is 0 Å². The number of fused-ring (bicyclic) bond motifs is 1. The Balaban J connectivity index is 1.82. The van der Waals surface area contributed by atoms with Crippen LogP contribution in [0.25, 0.3) is 0 Å². The highest BCUT2D eigenvalue weighted by molar-refractivity contribution is 5.98. The van der Waals surface area contributed by atoms with Gasteiger partial charge < -0.3 is 9.47 Å². The molecule has 0 amide bonds. The molecule has 24 heavy (non-hydrogen) atoms. The zero-order chi connectivity index (χ0) is 16.9. The van der Waals surface area contributed by atoms with Crippen LogP contribution in [0.4, 0.5) is 0 Å². The maximum Gasteiger partial charge on any atom is 0.164 e. The van der Waals surface area contributed by atoms with Crippen LogP contribution in [0.2, 0.25) is 0 Å². The van der Waals surface area contributed by atoms with E-state index in [9.17, 15) is 4.79 Å². The molecule has 0 saturated heterocycles. The Morgan fingerprint density at radius 1 is 0.958 bits per heavy atom. The monoisotopic (exact) mass is 325 g/mol. The molecule has 0 unspecified atom stereocenters. The number of ether oxygens (including phenoxy) is 2. The predicted molar refractivity (Wildman–Crippen MR) is 93.9 cm³/mol. The number of nitrogens with zero attached hydrogens (tertiary/aromatic N) is 1. The fraction of sp³-hybridized carbons (Fsp3) is 0.350. The maximum atomic E-state index is 12.6. The first-order valence-electron chi connectivity index (χ1n) is 8.25. The summed E-state index contributed by atoms with van der Waals surface area (Å²) in [6.07, 6.45) is 1.35. The summed E-state index contributed by atoms with van der Waals surface area (Å²) in [5.74, 6) is 1.47. The normalized spacial score (nSPS) is 15.3. The molecule has 1 aliphatic rings. The van der Waals surface area contributed by atoms with E-state index in [4.69, 9.17) is 9.47 Å². The highest BCUT2D eigenvalue weighted by Crippen LogP contribution is 2.32. The third-order valence-corrected chi connectivity index (χ3v) is 4.51. The SMILES string of the molecule is COc1cc2c(cc1OC)C(=O)CCN(Cc1ccccc1)CC2. The molecular formula is C20H23NO3. The molecule has 0 bridgehead atoms. The number of benzene rings is 2. The van der Waals surface area contributed by atoms with Crippen LogP contribution in [-0.4, -0.2) is 38.0 Å². The summed E-state index contributed by atoms with van der Waals surface area (Å²) in [6.45, 7) is 2.57. The Labute approximate surface area is 143 Å². The standard InChI is InChI=1S/C20H23NO3/c1-23-19-12-16-8-10-21(14-15-6-4-3-5-7-15)11-9-18(22)17(16)13-20(19)24-2/h3-7,12-13H,8-11,14H2,1-2H3. The molecule has 0 spiro atoms. The number of carbonyl (C=O) groups is 1. The fourth-order valence-electron chi connectivity index (χ4n) is 3.17. The molecule has 1 aliphatic heterocycles. The molecule has 126 valence electrons. The van der Waals surface area contributed by atoms with E-state index in [-0.39, 0.29) is 5.78 Å². The second-order valence-electron chi connectivity index (χ2n) is 6.05. The van der Waals surface area contributed by atoms with E-state index in [0.29, 0.717) is 17.9 Å². The summed E-state index contributed by atoms with van der Waals surface area (Å²) in [5, 5.41) is 0. The number of carbonyl (C=O) groups excluding carboxylic acids is 1. The van der Waals surface area contributed by atoms with Crippen LogP contribution in [0.15, 0.2) is 42.5 Å². The summed E-state index contributed by atoms with van der Waals surface area (Å²) < 4.78 is 10.7. The van der Waals surface area contributed by atoms with Gasteiger partial charge in [0.05, 0.1) is 14.2 Å². The minimum Gasteiger partial charge on any atom is -0.493 e. The van der Waals surface area contributed by atoms with E-state index in [2.05, 4.69) is 29.2 Å². The van der Waals surface area contributed by atoms with Crippen LogP contribution >= 0.6 is 0 Å². The van der Waals surface area contributed by atoms with Crippen molar-refractivity contribution in [3.05, 3.63) is 59.2 Å². The number of methoxy groups -OCH3 is 2. The number of Topliss-reactive ketones (excluding diaryl/α,β-unsaturated/α-hetero) is 1. The lowest BCUT2D eigenvalue weighted by molar-refractivity contribution is 0.0955. The molecule has 0 fully saturated rings.